The molecule has 2 rings (SSSR count). The van der Waals surface area contributed by atoms with Gasteiger partial charge in [-0.05, 0) is 29.9 Å². The van der Waals surface area contributed by atoms with Crippen LogP contribution in [0.1, 0.15) is 23.8 Å². The van der Waals surface area contributed by atoms with E-state index in [9.17, 15) is 8.42 Å². The van der Waals surface area contributed by atoms with Gasteiger partial charge in [0.1, 0.15) is 0 Å². The summed E-state index contributed by atoms with van der Waals surface area (Å²) in [6, 6.07) is 10.9. The number of rotatable bonds is 7. The third kappa shape index (κ3) is 6.08. The molecule has 0 bridgehead atoms. The molecule has 0 fully saturated rings. The maximum Gasteiger partial charge on any atom is 0.216 e. The van der Waals surface area contributed by atoms with Crippen LogP contribution in [0, 0.1) is 0 Å². The van der Waals surface area contributed by atoms with Gasteiger partial charge in [0.15, 0.2) is 0 Å². The van der Waals surface area contributed by atoms with E-state index in [1.165, 1.54) is 0 Å². The van der Waals surface area contributed by atoms with Gasteiger partial charge in [-0.25, -0.2) is 13.1 Å². The van der Waals surface area contributed by atoms with Gasteiger partial charge in [0.05, 0.1) is 10.8 Å². The Kier molecular flexibility index (Phi) is 8.19. The molecule has 7 heteroatoms. The van der Waals surface area contributed by atoms with Crippen molar-refractivity contribution in [2.24, 2.45) is 0 Å². The third-order valence-corrected chi connectivity index (χ3v) is 5.98. The van der Waals surface area contributed by atoms with Crippen LogP contribution in [0.25, 0.3) is 0 Å². The van der Waals surface area contributed by atoms with Crippen molar-refractivity contribution in [2.75, 3.05) is 0 Å². The van der Waals surface area contributed by atoms with E-state index in [1.54, 1.807) is 11.3 Å². The zero-order valence-electron chi connectivity index (χ0n) is 12.8. The molecule has 0 spiro atoms. The molecular formula is C15H18ClLiNO2S2. The molecule has 1 radical (unpaired) electrons. The molecule has 0 aliphatic carbocycles. The van der Waals surface area contributed by atoms with Crippen LogP contribution < -0.4 is 4.72 Å². The standard InChI is InChI=1S/C15H18ClNO2S2.Li/c1-2-13(10-15-14(16)8-9-20-15)17-21(18,19)11-12-6-4-3-5-7-12;/h3-9,13,17H,2,10-11H2,1H3;. The Morgan fingerprint density at radius 1 is 1.23 bits per heavy atom. The molecule has 0 saturated carbocycles. The number of benzene rings is 1. The summed E-state index contributed by atoms with van der Waals surface area (Å²) in [5, 5.41) is 2.63. The van der Waals surface area contributed by atoms with Gasteiger partial charge in [-0.1, -0.05) is 48.9 Å². The Morgan fingerprint density at radius 3 is 2.45 bits per heavy atom. The average Bonchev–Trinajstić information content (AvgIpc) is 2.84. The van der Waals surface area contributed by atoms with E-state index in [4.69, 9.17) is 11.6 Å². The number of thiophene rings is 1. The molecule has 3 nitrogen and oxygen atoms in total. The second kappa shape index (κ2) is 9.12. The van der Waals surface area contributed by atoms with Crippen molar-refractivity contribution in [3.05, 3.63) is 57.2 Å². The molecule has 0 saturated heterocycles. The van der Waals surface area contributed by atoms with Crippen molar-refractivity contribution in [1.82, 2.24) is 4.72 Å². The predicted molar refractivity (Wildman–Crippen MR) is 95.1 cm³/mol. The molecule has 0 aliphatic rings. The fourth-order valence-electron chi connectivity index (χ4n) is 2.05. The molecule has 0 amide bonds. The van der Waals surface area contributed by atoms with Crippen molar-refractivity contribution >= 4 is 51.8 Å². The molecular weight excluding hydrogens is 333 g/mol. The monoisotopic (exact) mass is 350 g/mol. The van der Waals surface area contributed by atoms with Crippen LogP contribution in [0.5, 0.6) is 0 Å². The van der Waals surface area contributed by atoms with Gasteiger partial charge in [-0.15, -0.1) is 11.3 Å². The Morgan fingerprint density at radius 2 is 1.91 bits per heavy atom. The molecule has 1 aromatic carbocycles. The minimum atomic E-state index is -3.35. The summed E-state index contributed by atoms with van der Waals surface area (Å²) >= 11 is 7.63. The Labute approximate surface area is 153 Å². The minimum absolute atomic E-state index is 0. The number of hydrogen-bond donors (Lipinski definition) is 1. The molecule has 1 atom stereocenters. The zero-order chi connectivity index (χ0) is 15.3. The normalized spacial score (nSPS) is 12.6. The fourth-order valence-corrected chi connectivity index (χ4v) is 4.72. The fraction of sp³-hybridized carbons (Fsp3) is 0.333. The van der Waals surface area contributed by atoms with E-state index in [0.29, 0.717) is 11.4 Å². The van der Waals surface area contributed by atoms with Crippen molar-refractivity contribution in [1.29, 1.82) is 0 Å². The first-order chi connectivity index (χ1) is 10.00. The molecule has 1 aromatic heterocycles. The summed E-state index contributed by atoms with van der Waals surface area (Å²) in [6.45, 7) is 1.97. The summed E-state index contributed by atoms with van der Waals surface area (Å²) < 4.78 is 27.3. The van der Waals surface area contributed by atoms with E-state index < -0.39 is 10.0 Å². The van der Waals surface area contributed by atoms with E-state index >= 15 is 0 Å². The first-order valence-corrected chi connectivity index (χ1v) is 9.67. The Hall–Kier alpha value is -0.283. The molecule has 1 N–H and O–H groups in total. The second-order valence-electron chi connectivity index (χ2n) is 4.86. The van der Waals surface area contributed by atoms with Gasteiger partial charge >= 0.3 is 0 Å². The van der Waals surface area contributed by atoms with Crippen LogP contribution in [0.4, 0.5) is 0 Å². The maximum absolute atomic E-state index is 12.2. The minimum Gasteiger partial charge on any atom is -0.212 e. The van der Waals surface area contributed by atoms with Crippen LogP contribution in [0.2, 0.25) is 5.02 Å². The van der Waals surface area contributed by atoms with E-state index in [0.717, 1.165) is 16.9 Å². The van der Waals surface area contributed by atoms with Crippen LogP contribution in [-0.2, 0) is 22.2 Å². The quantitative estimate of drug-likeness (QED) is 0.777. The Balaban J connectivity index is 0.00000242. The number of halogens is 1. The van der Waals surface area contributed by atoms with Gasteiger partial charge < -0.3 is 0 Å². The summed E-state index contributed by atoms with van der Waals surface area (Å²) in [4.78, 5) is 1.02. The van der Waals surface area contributed by atoms with Gasteiger partial charge in [0.2, 0.25) is 10.0 Å². The molecule has 1 unspecified atom stereocenters. The molecule has 2 aromatic rings. The van der Waals surface area contributed by atoms with E-state index in [-0.39, 0.29) is 30.7 Å². The average molecular weight is 351 g/mol. The maximum atomic E-state index is 12.2. The van der Waals surface area contributed by atoms with E-state index in [1.807, 2.05) is 48.7 Å². The first-order valence-electron chi connectivity index (χ1n) is 6.76. The topological polar surface area (TPSA) is 46.2 Å². The number of sulfonamides is 1. The van der Waals surface area contributed by atoms with E-state index in [2.05, 4.69) is 4.72 Å². The summed E-state index contributed by atoms with van der Waals surface area (Å²) in [5.74, 6) is 0.00249. The molecule has 22 heavy (non-hydrogen) atoms. The van der Waals surface area contributed by atoms with Gasteiger partial charge in [-0.3, -0.25) is 0 Å². The summed E-state index contributed by atoms with van der Waals surface area (Å²) in [5.41, 5.74) is 0.786. The van der Waals surface area contributed by atoms with Crippen molar-refractivity contribution in [3.8, 4) is 0 Å². The largest absolute Gasteiger partial charge is 0.216 e. The van der Waals surface area contributed by atoms with Crippen molar-refractivity contribution in [3.63, 3.8) is 0 Å². The predicted octanol–water partition coefficient (Wildman–Crippen LogP) is 3.46. The van der Waals surface area contributed by atoms with Crippen LogP contribution in [0.15, 0.2) is 41.8 Å². The second-order valence-corrected chi connectivity index (χ2v) is 8.03. The SMILES string of the molecule is CCC(Cc1sccc1Cl)NS(=O)(=O)Cc1ccccc1.[Li]. The van der Waals surface area contributed by atoms with Crippen LogP contribution in [0.3, 0.4) is 0 Å². The summed E-state index contributed by atoms with van der Waals surface area (Å²) in [6.07, 6.45) is 1.35. The Bertz CT molecular complexity index is 674. The van der Waals surface area contributed by atoms with Crippen molar-refractivity contribution in [2.45, 2.75) is 31.6 Å². The van der Waals surface area contributed by atoms with Gasteiger partial charge in [-0.2, -0.15) is 0 Å². The number of hydrogen-bond acceptors (Lipinski definition) is 3. The van der Waals surface area contributed by atoms with Gasteiger partial charge in [0, 0.05) is 29.8 Å². The third-order valence-electron chi connectivity index (χ3n) is 3.16. The van der Waals surface area contributed by atoms with Gasteiger partial charge in [0.25, 0.3) is 0 Å². The number of nitrogens with one attached hydrogen (secondary N) is 1. The molecule has 0 aliphatic heterocycles. The molecule has 1 heterocycles. The zero-order valence-corrected chi connectivity index (χ0v) is 15.1. The van der Waals surface area contributed by atoms with Crippen LogP contribution >= 0.6 is 22.9 Å². The summed E-state index contributed by atoms with van der Waals surface area (Å²) in [7, 11) is -3.35. The first kappa shape index (κ1) is 19.8. The smallest absolute Gasteiger partial charge is 0.212 e. The molecule has 115 valence electrons. The van der Waals surface area contributed by atoms with Crippen molar-refractivity contribution < 1.29 is 8.42 Å². The van der Waals surface area contributed by atoms with Crippen LogP contribution in [-0.4, -0.2) is 33.3 Å².